The van der Waals surface area contributed by atoms with Crippen LogP contribution in [0.3, 0.4) is 0 Å². The van der Waals surface area contributed by atoms with Gasteiger partial charge in [0.25, 0.3) is 0 Å². The second-order valence-corrected chi connectivity index (χ2v) is 5.94. The van der Waals surface area contributed by atoms with Gasteiger partial charge in [-0.3, -0.25) is 9.88 Å². The third-order valence-electron chi connectivity index (χ3n) is 3.42. The summed E-state index contributed by atoms with van der Waals surface area (Å²) in [6.45, 7) is 4.69. The van der Waals surface area contributed by atoms with Crippen molar-refractivity contribution in [1.29, 1.82) is 0 Å². The molecular formula is C16H22N2O. The molecule has 2 heterocycles. The summed E-state index contributed by atoms with van der Waals surface area (Å²) >= 11 is 0. The molecule has 0 aliphatic carbocycles. The summed E-state index contributed by atoms with van der Waals surface area (Å²) in [5, 5.41) is 9.63. The molecule has 1 aromatic rings. The molecule has 0 radical (unpaired) electrons. The highest BCUT2D eigenvalue weighted by Crippen LogP contribution is 2.29. The Labute approximate surface area is 115 Å². The molecule has 102 valence electrons. The fourth-order valence-electron chi connectivity index (χ4n) is 2.40. The molecule has 1 fully saturated rings. The van der Waals surface area contributed by atoms with Crippen LogP contribution in [0.15, 0.2) is 18.5 Å². The Morgan fingerprint density at radius 3 is 2.89 bits per heavy atom. The van der Waals surface area contributed by atoms with Gasteiger partial charge >= 0.3 is 0 Å². The monoisotopic (exact) mass is 258 g/mol. The molecular weight excluding hydrogens is 236 g/mol. The van der Waals surface area contributed by atoms with Gasteiger partial charge in [-0.1, -0.05) is 11.8 Å². The summed E-state index contributed by atoms with van der Waals surface area (Å²) in [4.78, 5) is 6.65. The average molecular weight is 258 g/mol. The number of nitrogens with zero attached hydrogens (tertiary/aromatic N) is 2. The van der Waals surface area contributed by atoms with E-state index in [2.05, 4.69) is 34.8 Å². The van der Waals surface area contributed by atoms with Crippen molar-refractivity contribution < 1.29 is 5.11 Å². The Hall–Kier alpha value is -1.37. The van der Waals surface area contributed by atoms with Gasteiger partial charge in [-0.25, -0.2) is 0 Å². The van der Waals surface area contributed by atoms with Crippen LogP contribution in [0.1, 0.15) is 50.3 Å². The van der Waals surface area contributed by atoms with Crippen LogP contribution in [0, 0.1) is 11.8 Å². The Balaban J connectivity index is 2.11. The molecule has 0 bridgehead atoms. The summed E-state index contributed by atoms with van der Waals surface area (Å²) in [5.74, 6) is 6.11. The number of hydrogen-bond donors (Lipinski definition) is 1. The minimum absolute atomic E-state index is 0.473. The van der Waals surface area contributed by atoms with Gasteiger partial charge in [-0.05, 0) is 51.9 Å². The van der Waals surface area contributed by atoms with E-state index in [-0.39, 0.29) is 0 Å². The van der Waals surface area contributed by atoms with Gasteiger partial charge in [0.15, 0.2) is 0 Å². The van der Waals surface area contributed by atoms with E-state index in [4.69, 9.17) is 0 Å². The number of rotatable bonds is 2. The maximum atomic E-state index is 9.63. The van der Waals surface area contributed by atoms with E-state index in [9.17, 15) is 5.11 Å². The molecule has 3 heteroatoms. The second kappa shape index (κ2) is 5.73. The molecule has 1 atom stereocenters. The average Bonchev–Trinajstić information content (AvgIpc) is 2.74. The van der Waals surface area contributed by atoms with Crippen molar-refractivity contribution in [3.8, 4) is 11.8 Å². The molecule has 0 amide bonds. The van der Waals surface area contributed by atoms with Crippen molar-refractivity contribution in [1.82, 2.24) is 9.88 Å². The van der Waals surface area contributed by atoms with E-state index in [0.717, 1.165) is 12.1 Å². The first-order chi connectivity index (χ1) is 8.96. The first kappa shape index (κ1) is 14.0. The van der Waals surface area contributed by atoms with Gasteiger partial charge < -0.3 is 5.11 Å². The summed E-state index contributed by atoms with van der Waals surface area (Å²) in [5.41, 5.74) is 1.45. The SMILES string of the molecule is CN1CCC[C@@H]1c1cncc(C#CCC(C)(C)O)c1. The molecule has 0 saturated carbocycles. The first-order valence-corrected chi connectivity index (χ1v) is 6.82. The number of likely N-dealkylation sites (tertiary alicyclic amines) is 1. The van der Waals surface area contributed by atoms with Gasteiger partial charge in [-0.2, -0.15) is 0 Å². The fraction of sp³-hybridized carbons (Fsp3) is 0.562. The molecule has 1 aliphatic heterocycles. The van der Waals surface area contributed by atoms with Crippen molar-refractivity contribution in [3.63, 3.8) is 0 Å². The molecule has 1 saturated heterocycles. The van der Waals surface area contributed by atoms with Crippen LogP contribution in [0.4, 0.5) is 0 Å². The van der Waals surface area contributed by atoms with Crippen LogP contribution in [-0.4, -0.2) is 34.2 Å². The zero-order valence-electron chi connectivity index (χ0n) is 12.0. The summed E-state index contributed by atoms with van der Waals surface area (Å²) in [6, 6.07) is 2.60. The number of aliphatic hydroxyl groups is 1. The highest BCUT2D eigenvalue weighted by molar-refractivity contribution is 5.35. The Morgan fingerprint density at radius 1 is 1.47 bits per heavy atom. The first-order valence-electron chi connectivity index (χ1n) is 6.82. The van der Waals surface area contributed by atoms with Crippen LogP contribution in [-0.2, 0) is 0 Å². The smallest absolute Gasteiger partial charge is 0.0700 e. The van der Waals surface area contributed by atoms with Gasteiger partial charge in [0.1, 0.15) is 0 Å². The normalized spacial score (nSPS) is 20.1. The third-order valence-corrected chi connectivity index (χ3v) is 3.42. The van der Waals surface area contributed by atoms with E-state index >= 15 is 0 Å². The zero-order chi connectivity index (χ0) is 13.9. The molecule has 1 aromatic heterocycles. The summed E-state index contributed by atoms with van der Waals surface area (Å²) < 4.78 is 0. The topological polar surface area (TPSA) is 36.4 Å². The molecule has 3 nitrogen and oxygen atoms in total. The van der Waals surface area contributed by atoms with Crippen molar-refractivity contribution in [2.24, 2.45) is 0 Å². The van der Waals surface area contributed by atoms with Crippen molar-refractivity contribution in [2.75, 3.05) is 13.6 Å². The lowest BCUT2D eigenvalue weighted by molar-refractivity contribution is 0.0862. The van der Waals surface area contributed by atoms with E-state index in [1.165, 1.54) is 18.4 Å². The predicted molar refractivity (Wildman–Crippen MR) is 76.6 cm³/mol. The quantitative estimate of drug-likeness (QED) is 0.827. The van der Waals surface area contributed by atoms with E-state index in [1.54, 1.807) is 20.0 Å². The van der Waals surface area contributed by atoms with Gasteiger partial charge in [0, 0.05) is 30.4 Å². The lowest BCUT2D eigenvalue weighted by Crippen LogP contribution is -2.17. The van der Waals surface area contributed by atoms with E-state index in [1.807, 2.05) is 6.20 Å². The maximum Gasteiger partial charge on any atom is 0.0700 e. The minimum atomic E-state index is -0.732. The largest absolute Gasteiger partial charge is 0.389 e. The van der Waals surface area contributed by atoms with Crippen LogP contribution in [0.2, 0.25) is 0 Å². The van der Waals surface area contributed by atoms with Crippen LogP contribution in [0.25, 0.3) is 0 Å². The van der Waals surface area contributed by atoms with Crippen LogP contribution >= 0.6 is 0 Å². The second-order valence-electron chi connectivity index (χ2n) is 5.94. The number of aromatic nitrogens is 1. The van der Waals surface area contributed by atoms with Crippen molar-refractivity contribution >= 4 is 0 Å². The Kier molecular flexibility index (Phi) is 4.24. The highest BCUT2D eigenvalue weighted by Gasteiger charge is 2.22. The minimum Gasteiger partial charge on any atom is -0.389 e. The third kappa shape index (κ3) is 4.05. The molecule has 2 rings (SSSR count). The summed E-state index contributed by atoms with van der Waals surface area (Å²) in [6.07, 6.45) is 6.64. The van der Waals surface area contributed by atoms with Gasteiger partial charge in [0.2, 0.25) is 0 Å². The molecule has 0 aromatic carbocycles. The standard InChI is InChI=1S/C16H22N2O/c1-16(2,19)8-4-6-13-10-14(12-17-11-13)15-7-5-9-18(15)3/h10-12,15,19H,5,7-9H2,1-3H3/t15-/m1/s1. The van der Waals surface area contributed by atoms with E-state index < -0.39 is 5.60 Å². The number of hydrogen-bond acceptors (Lipinski definition) is 3. The summed E-state index contributed by atoms with van der Waals surface area (Å²) in [7, 11) is 2.16. The lowest BCUT2D eigenvalue weighted by atomic mass is 10.0. The van der Waals surface area contributed by atoms with Crippen LogP contribution in [0.5, 0.6) is 0 Å². The molecule has 19 heavy (non-hydrogen) atoms. The molecule has 0 spiro atoms. The Morgan fingerprint density at radius 2 is 2.26 bits per heavy atom. The predicted octanol–water partition coefficient (Wildman–Crippen LogP) is 2.36. The fourth-order valence-corrected chi connectivity index (χ4v) is 2.40. The molecule has 0 unspecified atom stereocenters. The highest BCUT2D eigenvalue weighted by atomic mass is 16.3. The van der Waals surface area contributed by atoms with Gasteiger partial charge in [-0.15, -0.1) is 0 Å². The van der Waals surface area contributed by atoms with Crippen molar-refractivity contribution in [3.05, 3.63) is 29.6 Å². The Bertz CT molecular complexity index is 493. The maximum absolute atomic E-state index is 9.63. The molecule has 1 aliphatic rings. The van der Waals surface area contributed by atoms with Crippen LogP contribution < -0.4 is 0 Å². The lowest BCUT2D eigenvalue weighted by Gasteiger charge is -2.19. The molecule has 1 N–H and O–H groups in total. The number of pyridine rings is 1. The zero-order valence-corrected chi connectivity index (χ0v) is 12.0. The van der Waals surface area contributed by atoms with E-state index in [0.29, 0.717) is 12.5 Å². The van der Waals surface area contributed by atoms with Crippen molar-refractivity contribution in [2.45, 2.75) is 44.8 Å². The van der Waals surface area contributed by atoms with Gasteiger partial charge in [0.05, 0.1) is 5.60 Å².